The van der Waals surface area contributed by atoms with E-state index in [9.17, 15) is 9.50 Å². The first-order valence-corrected chi connectivity index (χ1v) is 8.30. The molecular weight excluding hydrogens is 319 g/mol. The van der Waals surface area contributed by atoms with Crippen molar-refractivity contribution in [3.8, 4) is 17.1 Å². The number of aliphatic hydroxyl groups excluding tert-OH is 1. The van der Waals surface area contributed by atoms with E-state index in [1.807, 2.05) is 6.08 Å². The molecule has 0 spiro atoms. The molecular formula is C20H23FN2O2. The number of aromatic nitrogens is 2. The summed E-state index contributed by atoms with van der Waals surface area (Å²) in [5.41, 5.74) is 1.13. The van der Waals surface area contributed by atoms with E-state index < -0.39 is 0 Å². The van der Waals surface area contributed by atoms with Crippen LogP contribution in [0, 0.1) is 5.82 Å². The van der Waals surface area contributed by atoms with Crippen LogP contribution in [0.3, 0.4) is 0 Å². The number of ether oxygens (including phenoxy) is 1. The first-order valence-electron chi connectivity index (χ1n) is 8.30. The molecule has 4 nitrogen and oxygen atoms in total. The zero-order valence-corrected chi connectivity index (χ0v) is 14.4. The van der Waals surface area contributed by atoms with Crippen LogP contribution in [0.1, 0.15) is 31.7 Å². The van der Waals surface area contributed by atoms with Crippen LogP contribution in [0.25, 0.3) is 17.5 Å². The molecule has 1 unspecified atom stereocenters. The molecule has 0 aliphatic carbocycles. The van der Waals surface area contributed by atoms with Crippen LogP contribution in [0.4, 0.5) is 4.39 Å². The number of allylic oxidation sites excluding steroid dienone is 1. The molecule has 25 heavy (non-hydrogen) atoms. The first kappa shape index (κ1) is 18.8. The molecule has 5 heteroatoms. The molecule has 0 amide bonds. The van der Waals surface area contributed by atoms with Gasteiger partial charge in [0, 0.05) is 11.1 Å². The van der Waals surface area contributed by atoms with Crippen LogP contribution >= 0.6 is 0 Å². The number of unbranched alkanes of at least 4 members (excludes halogenated alkanes) is 1. The summed E-state index contributed by atoms with van der Waals surface area (Å²) in [6.45, 7) is 5.72. The molecule has 0 fully saturated rings. The van der Waals surface area contributed by atoms with Gasteiger partial charge in [0.2, 0.25) is 0 Å². The van der Waals surface area contributed by atoms with Gasteiger partial charge in [0.05, 0.1) is 18.5 Å². The van der Waals surface area contributed by atoms with E-state index in [1.165, 1.54) is 6.07 Å². The Morgan fingerprint density at radius 3 is 2.72 bits per heavy atom. The molecule has 0 saturated carbocycles. The number of nitrogens with zero attached hydrogens (tertiary/aromatic N) is 2. The second-order valence-corrected chi connectivity index (χ2v) is 5.76. The van der Waals surface area contributed by atoms with Gasteiger partial charge in [0.25, 0.3) is 0 Å². The van der Waals surface area contributed by atoms with Crippen LogP contribution in [0.5, 0.6) is 5.75 Å². The normalized spacial score (nSPS) is 12.3. The maximum absolute atomic E-state index is 14.2. The standard InChI is InChI=1S/C20H23FN2O2/c1-3-11-25-18-13-22-20(23-14-18)17-10-9-16(19(21)12-17)8-6-4-5-7-15(2)24/h3,6,8-10,12-15,24H,1,4-5,7,11H2,2H3. The maximum Gasteiger partial charge on any atom is 0.159 e. The van der Waals surface area contributed by atoms with Crippen molar-refractivity contribution in [2.24, 2.45) is 0 Å². The minimum Gasteiger partial charge on any atom is -0.486 e. The highest BCUT2D eigenvalue weighted by molar-refractivity contribution is 5.60. The van der Waals surface area contributed by atoms with Gasteiger partial charge in [-0.2, -0.15) is 0 Å². The van der Waals surface area contributed by atoms with Crippen LogP contribution in [0.15, 0.2) is 49.3 Å². The monoisotopic (exact) mass is 342 g/mol. The van der Waals surface area contributed by atoms with Gasteiger partial charge in [0.1, 0.15) is 12.4 Å². The minimum absolute atomic E-state index is 0.294. The lowest BCUT2D eigenvalue weighted by Crippen LogP contribution is -1.97. The highest BCUT2D eigenvalue weighted by Crippen LogP contribution is 2.21. The van der Waals surface area contributed by atoms with Gasteiger partial charge in [-0.15, -0.1) is 0 Å². The number of hydrogen-bond donors (Lipinski definition) is 1. The van der Waals surface area contributed by atoms with Crippen molar-refractivity contribution < 1.29 is 14.2 Å². The lowest BCUT2D eigenvalue weighted by atomic mass is 10.1. The summed E-state index contributed by atoms with van der Waals surface area (Å²) in [6, 6.07) is 4.93. The zero-order valence-electron chi connectivity index (χ0n) is 14.4. The summed E-state index contributed by atoms with van der Waals surface area (Å²) in [6.07, 6.45) is 10.6. The lowest BCUT2D eigenvalue weighted by molar-refractivity contribution is 0.182. The summed E-state index contributed by atoms with van der Waals surface area (Å²) in [5.74, 6) is 0.665. The third kappa shape index (κ3) is 6.12. The molecule has 1 aromatic carbocycles. The Morgan fingerprint density at radius 1 is 1.32 bits per heavy atom. The van der Waals surface area contributed by atoms with Crippen LogP contribution in [-0.4, -0.2) is 27.8 Å². The van der Waals surface area contributed by atoms with E-state index in [2.05, 4.69) is 16.5 Å². The Morgan fingerprint density at radius 2 is 2.08 bits per heavy atom. The molecule has 1 atom stereocenters. The molecule has 0 aliphatic heterocycles. The Kier molecular flexibility index (Phi) is 7.29. The average Bonchev–Trinajstić information content (AvgIpc) is 2.61. The highest BCUT2D eigenvalue weighted by atomic mass is 19.1. The first-order chi connectivity index (χ1) is 12.1. The lowest BCUT2D eigenvalue weighted by Gasteiger charge is -2.05. The minimum atomic E-state index is -0.320. The fraction of sp³-hybridized carbons (Fsp3) is 0.300. The van der Waals surface area contributed by atoms with Crippen LogP contribution in [0.2, 0.25) is 0 Å². The quantitative estimate of drug-likeness (QED) is 0.542. The molecule has 1 heterocycles. The van der Waals surface area contributed by atoms with E-state index in [4.69, 9.17) is 4.74 Å². The van der Waals surface area contributed by atoms with Gasteiger partial charge in [-0.1, -0.05) is 36.9 Å². The number of aliphatic hydroxyl groups is 1. The molecule has 2 rings (SSSR count). The summed E-state index contributed by atoms with van der Waals surface area (Å²) < 4.78 is 19.6. The Labute approximate surface area is 147 Å². The van der Waals surface area contributed by atoms with Gasteiger partial charge in [-0.3, -0.25) is 0 Å². The Hall–Kier alpha value is -2.53. The molecule has 0 saturated heterocycles. The third-order valence-electron chi connectivity index (χ3n) is 3.54. The molecule has 0 radical (unpaired) electrons. The number of halogens is 1. The average molecular weight is 342 g/mol. The summed E-state index contributed by atoms with van der Waals surface area (Å²) in [5, 5.41) is 9.20. The zero-order chi connectivity index (χ0) is 18.1. The van der Waals surface area contributed by atoms with Crippen molar-refractivity contribution in [2.45, 2.75) is 32.3 Å². The Bertz CT molecular complexity index is 712. The van der Waals surface area contributed by atoms with Gasteiger partial charge in [0.15, 0.2) is 11.6 Å². The molecule has 1 N–H and O–H groups in total. The van der Waals surface area contributed by atoms with Gasteiger partial charge >= 0.3 is 0 Å². The summed E-state index contributed by atoms with van der Waals surface area (Å²) >= 11 is 0. The van der Waals surface area contributed by atoms with Crippen molar-refractivity contribution in [2.75, 3.05) is 6.61 Å². The van der Waals surface area contributed by atoms with Crippen molar-refractivity contribution in [1.82, 2.24) is 9.97 Å². The Balaban J connectivity index is 2.00. The number of benzene rings is 1. The van der Waals surface area contributed by atoms with Crippen LogP contribution in [-0.2, 0) is 0 Å². The topological polar surface area (TPSA) is 55.2 Å². The fourth-order valence-electron chi connectivity index (χ4n) is 2.24. The van der Waals surface area contributed by atoms with Crippen molar-refractivity contribution in [3.05, 3.63) is 60.7 Å². The largest absolute Gasteiger partial charge is 0.486 e. The van der Waals surface area contributed by atoms with Crippen molar-refractivity contribution in [1.29, 1.82) is 0 Å². The van der Waals surface area contributed by atoms with Gasteiger partial charge in [-0.25, -0.2) is 14.4 Å². The van der Waals surface area contributed by atoms with Crippen molar-refractivity contribution >= 4 is 6.08 Å². The van der Waals surface area contributed by atoms with E-state index >= 15 is 0 Å². The molecule has 0 aliphatic rings. The second kappa shape index (κ2) is 9.69. The van der Waals surface area contributed by atoms with Gasteiger partial charge < -0.3 is 9.84 Å². The van der Waals surface area contributed by atoms with E-state index in [0.29, 0.717) is 29.3 Å². The van der Waals surface area contributed by atoms with E-state index in [-0.39, 0.29) is 11.9 Å². The second-order valence-electron chi connectivity index (χ2n) is 5.76. The molecule has 1 aromatic heterocycles. The summed E-state index contributed by atoms with van der Waals surface area (Å²) in [7, 11) is 0. The molecule has 132 valence electrons. The van der Waals surface area contributed by atoms with E-state index in [1.54, 1.807) is 43.6 Å². The third-order valence-corrected chi connectivity index (χ3v) is 3.54. The maximum atomic E-state index is 14.2. The number of hydrogen-bond acceptors (Lipinski definition) is 4. The van der Waals surface area contributed by atoms with Crippen molar-refractivity contribution in [3.63, 3.8) is 0 Å². The number of rotatable bonds is 9. The van der Waals surface area contributed by atoms with Crippen LogP contribution < -0.4 is 4.74 Å². The van der Waals surface area contributed by atoms with Gasteiger partial charge in [-0.05, 0) is 32.3 Å². The fourth-order valence-corrected chi connectivity index (χ4v) is 2.24. The van der Waals surface area contributed by atoms with E-state index in [0.717, 1.165) is 19.3 Å². The predicted molar refractivity (Wildman–Crippen MR) is 97.7 cm³/mol. The predicted octanol–water partition coefficient (Wildman–Crippen LogP) is 4.41. The highest BCUT2D eigenvalue weighted by Gasteiger charge is 2.06. The summed E-state index contributed by atoms with van der Waals surface area (Å²) in [4.78, 5) is 8.39. The smallest absolute Gasteiger partial charge is 0.159 e. The molecule has 2 aromatic rings. The SMILES string of the molecule is C=CCOc1cnc(-c2ccc(C=CCCCC(C)O)c(F)c2)nc1. The molecule has 0 bridgehead atoms.